The van der Waals surface area contributed by atoms with E-state index in [1.165, 1.54) is 35.4 Å². The molecule has 0 aromatic carbocycles. The number of unbranched alkanes of at least 4 members (excludes halogenated alkanes) is 3. The van der Waals surface area contributed by atoms with Crippen LogP contribution in [0.5, 0.6) is 0 Å². The number of nitrogens with one attached hydrogen (secondary N) is 1. The molecule has 0 fully saturated rings. The largest absolute Gasteiger partial charge is 0.376 e. The highest BCUT2D eigenvalue weighted by molar-refractivity contribution is 7.11. The number of rotatable bonds is 10. The Bertz CT molecular complexity index is 286. The monoisotopic (exact) mass is 255 g/mol. The van der Waals surface area contributed by atoms with Crippen LogP contribution in [0.1, 0.15) is 49.3 Å². The highest BCUT2D eigenvalue weighted by atomic mass is 32.1. The minimum atomic E-state index is 0.781. The van der Waals surface area contributed by atoms with Crippen molar-refractivity contribution in [3.05, 3.63) is 21.9 Å². The third kappa shape index (κ3) is 6.81. The van der Waals surface area contributed by atoms with E-state index in [1.54, 1.807) is 0 Å². The SMILES string of the molecule is CCCCCCOCc1ccc(CNCC)s1. The molecule has 0 atom stereocenters. The Morgan fingerprint density at radius 2 is 1.94 bits per heavy atom. The van der Waals surface area contributed by atoms with Crippen LogP contribution in [-0.2, 0) is 17.9 Å². The van der Waals surface area contributed by atoms with Gasteiger partial charge in [-0.15, -0.1) is 11.3 Å². The van der Waals surface area contributed by atoms with Crippen molar-refractivity contribution in [2.24, 2.45) is 0 Å². The van der Waals surface area contributed by atoms with E-state index in [0.717, 1.165) is 26.3 Å². The van der Waals surface area contributed by atoms with Crippen molar-refractivity contribution in [2.75, 3.05) is 13.2 Å². The standard InChI is InChI=1S/C14H25NOS/c1-3-5-6-7-10-16-12-14-9-8-13(17-14)11-15-4-2/h8-9,15H,3-7,10-12H2,1-2H3. The molecule has 1 rings (SSSR count). The summed E-state index contributed by atoms with van der Waals surface area (Å²) in [5.74, 6) is 0. The zero-order valence-electron chi connectivity index (χ0n) is 11.1. The second-order valence-electron chi connectivity index (χ2n) is 4.26. The van der Waals surface area contributed by atoms with Crippen LogP contribution < -0.4 is 5.32 Å². The Morgan fingerprint density at radius 3 is 2.71 bits per heavy atom. The van der Waals surface area contributed by atoms with Crippen molar-refractivity contribution in [3.8, 4) is 0 Å². The first-order chi connectivity index (χ1) is 8.36. The van der Waals surface area contributed by atoms with Crippen LogP contribution in [-0.4, -0.2) is 13.2 Å². The van der Waals surface area contributed by atoms with Crippen molar-refractivity contribution < 1.29 is 4.74 Å². The van der Waals surface area contributed by atoms with Gasteiger partial charge in [-0.05, 0) is 25.1 Å². The fraction of sp³-hybridized carbons (Fsp3) is 0.714. The predicted octanol–water partition coefficient (Wildman–Crippen LogP) is 3.95. The zero-order chi connectivity index (χ0) is 12.3. The highest BCUT2D eigenvalue weighted by Crippen LogP contribution is 2.17. The van der Waals surface area contributed by atoms with Crippen LogP contribution >= 0.6 is 11.3 Å². The Balaban J connectivity index is 2.08. The van der Waals surface area contributed by atoms with Crippen molar-refractivity contribution in [1.29, 1.82) is 0 Å². The first-order valence-corrected chi connectivity index (χ1v) is 7.54. The normalized spacial score (nSPS) is 10.9. The molecule has 0 unspecified atom stereocenters. The van der Waals surface area contributed by atoms with Crippen LogP contribution in [0.2, 0.25) is 0 Å². The van der Waals surface area contributed by atoms with E-state index in [2.05, 4.69) is 31.3 Å². The lowest BCUT2D eigenvalue weighted by Gasteiger charge is -2.02. The van der Waals surface area contributed by atoms with Gasteiger partial charge < -0.3 is 10.1 Å². The molecular weight excluding hydrogens is 230 g/mol. The molecule has 0 aliphatic heterocycles. The number of ether oxygens (including phenoxy) is 1. The van der Waals surface area contributed by atoms with E-state index in [9.17, 15) is 0 Å². The summed E-state index contributed by atoms with van der Waals surface area (Å²) < 4.78 is 5.67. The molecule has 0 saturated carbocycles. The summed E-state index contributed by atoms with van der Waals surface area (Å²) in [7, 11) is 0. The van der Waals surface area contributed by atoms with Gasteiger partial charge in [0.1, 0.15) is 0 Å². The minimum Gasteiger partial charge on any atom is -0.376 e. The minimum absolute atomic E-state index is 0.781. The third-order valence-corrected chi connectivity index (χ3v) is 3.71. The molecule has 1 heterocycles. The molecule has 0 aliphatic carbocycles. The Hall–Kier alpha value is -0.380. The molecule has 1 aromatic rings. The van der Waals surface area contributed by atoms with Gasteiger partial charge in [0.15, 0.2) is 0 Å². The second kappa shape index (κ2) is 9.63. The Kier molecular flexibility index (Phi) is 8.32. The topological polar surface area (TPSA) is 21.3 Å². The molecule has 0 saturated heterocycles. The van der Waals surface area contributed by atoms with Crippen LogP contribution in [0.15, 0.2) is 12.1 Å². The predicted molar refractivity (Wildman–Crippen MR) is 75.5 cm³/mol. The zero-order valence-corrected chi connectivity index (χ0v) is 11.9. The smallest absolute Gasteiger partial charge is 0.0809 e. The third-order valence-electron chi connectivity index (χ3n) is 2.65. The molecule has 0 aliphatic rings. The van der Waals surface area contributed by atoms with Crippen molar-refractivity contribution in [3.63, 3.8) is 0 Å². The maximum absolute atomic E-state index is 5.67. The lowest BCUT2D eigenvalue weighted by Crippen LogP contribution is -2.10. The van der Waals surface area contributed by atoms with Gasteiger partial charge in [0, 0.05) is 22.9 Å². The van der Waals surface area contributed by atoms with E-state index in [-0.39, 0.29) is 0 Å². The molecule has 98 valence electrons. The van der Waals surface area contributed by atoms with Gasteiger partial charge in [-0.25, -0.2) is 0 Å². The van der Waals surface area contributed by atoms with E-state index in [4.69, 9.17) is 4.74 Å². The van der Waals surface area contributed by atoms with Crippen molar-refractivity contribution >= 4 is 11.3 Å². The Morgan fingerprint density at radius 1 is 1.12 bits per heavy atom. The summed E-state index contributed by atoms with van der Waals surface area (Å²) >= 11 is 1.85. The van der Waals surface area contributed by atoms with Gasteiger partial charge in [0.05, 0.1) is 6.61 Å². The second-order valence-corrected chi connectivity index (χ2v) is 5.51. The van der Waals surface area contributed by atoms with E-state index in [0.29, 0.717) is 0 Å². The first-order valence-electron chi connectivity index (χ1n) is 6.72. The lowest BCUT2D eigenvalue weighted by molar-refractivity contribution is 0.119. The fourth-order valence-electron chi connectivity index (χ4n) is 1.65. The molecule has 1 N–H and O–H groups in total. The molecule has 1 aromatic heterocycles. The number of hydrogen-bond donors (Lipinski definition) is 1. The van der Waals surface area contributed by atoms with Crippen LogP contribution in [0.4, 0.5) is 0 Å². The maximum atomic E-state index is 5.67. The lowest BCUT2D eigenvalue weighted by atomic mass is 10.2. The summed E-state index contributed by atoms with van der Waals surface area (Å²) in [5.41, 5.74) is 0. The quantitative estimate of drug-likeness (QED) is 0.639. The summed E-state index contributed by atoms with van der Waals surface area (Å²) in [4.78, 5) is 2.74. The summed E-state index contributed by atoms with van der Waals surface area (Å²) in [5, 5.41) is 3.34. The maximum Gasteiger partial charge on any atom is 0.0809 e. The van der Waals surface area contributed by atoms with Crippen LogP contribution in [0.3, 0.4) is 0 Å². The number of thiophene rings is 1. The molecular formula is C14H25NOS. The van der Waals surface area contributed by atoms with Crippen LogP contribution in [0.25, 0.3) is 0 Å². The van der Waals surface area contributed by atoms with Crippen LogP contribution in [0, 0.1) is 0 Å². The average Bonchev–Trinajstić information content (AvgIpc) is 2.79. The first kappa shape index (κ1) is 14.7. The van der Waals surface area contributed by atoms with Crippen molar-refractivity contribution in [1.82, 2.24) is 5.32 Å². The molecule has 0 bridgehead atoms. The fourth-order valence-corrected chi connectivity index (χ4v) is 2.57. The van der Waals surface area contributed by atoms with Gasteiger partial charge in [-0.1, -0.05) is 33.1 Å². The molecule has 0 radical (unpaired) electrons. The van der Waals surface area contributed by atoms with Gasteiger partial charge in [-0.3, -0.25) is 0 Å². The summed E-state index contributed by atoms with van der Waals surface area (Å²) in [6.45, 7) is 8.06. The Labute approximate surface area is 109 Å². The molecule has 0 amide bonds. The van der Waals surface area contributed by atoms with Gasteiger partial charge in [-0.2, -0.15) is 0 Å². The highest BCUT2D eigenvalue weighted by Gasteiger charge is 1.99. The number of hydrogen-bond acceptors (Lipinski definition) is 3. The van der Waals surface area contributed by atoms with Crippen molar-refractivity contribution in [2.45, 2.75) is 52.7 Å². The van der Waals surface area contributed by atoms with Gasteiger partial charge >= 0.3 is 0 Å². The average molecular weight is 255 g/mol. The van der Waals surface area contributed by atoms with E-state index >= 15 is 0 Å². The molecule has 3 heteroatoms. The summed E-state index contributed by atoms with van der Waals surface area (Å²) in [6.07, 6.45) is 5.12. The van der Waals surface area contributed by atoms with E-state index < -0.39 is 0 Å². The molecule has 0 spiro atoms. The van der Waals surface area contributed by atoms with E-state index in [1.807, 2.05) is 11.3 Å². The van der Waals surface area contributed by atoms with Gasteiger partial charge in [0.2, 0.25) is 0 Å². The molecule has 2 nitrogen and oxygen atoms in total. The summed E-state index contributed by atoms with van der Waals surface area (Å²) in [6, 6.07) is 4.38. The molecule has 17 heavy (non-hydrogen) atoms. The van der Waals surface area contributed by atoms with Gasteiger partial charge in [0.25, 0.3) is 0 Å².